The number of hydrogen-bond acceptors (Lipinski definition) is 2. The number of carbonyl (C=O) groups excluding carboxylic acids is 2. The molecule has 0 radical (unpaired) electrons. The van der Waals surface area contributed by atoms with E-state index in [9.17, 15) is 14.0 Å². The Hall–Kier alpha value is -1.62. The molecular formula is C13H14ClFN2O2. The molecule has 2 rings (SSSR count). The molecule has 4 nitrogen and oxygen atoms in total. The van der Waals surface area contributed by atoms with Gasteiger partial charge in [-0.2, -0.15) is 0 Å². The van der Waals surface area contributed by atoms with Crippen molar-refractivity contribution >= 4 is 29.1 Å². The minimum atomic E-state index is -0.530. The molecule has 0 N–H and O–H groups in total. The summed E-state index contributed by atoms with van der Waals surface area (Å²) in [5.74, 6) is -1.11. The fraction of sp³-hybridized carbons (Fsp3) is 0.385. The Morgan fingerprint density at radius 3 is 2.74 bits per heavy atom. The minimum absolute atomic E-state index is 0.0345. The van der Waals surface area contributed by atoms with E-state index >= 15 is 0 Å². The van der Waals surface area contributed by atoms with Crippen molar-refractivity contribution in [3.8, 4) is 0 Å². The Morgan fingerprint density at radius 2 is 2.16 bits per heavy atom. The molecule has 1 aromatic rings. The second-order valence-electron chi connectivity index (χ2n) is 4.74. The third-order valence-corrected chi connectivity index (χ3v) is 3.42. The van der Waals surface area contributed by atoms with Gasteiger partial charge in [0.05, 0.1) is 10.9 Å². The number of hydrogen-bond donors (Lipinski definition) is 0. The zero-order valence-corrected chi connectivity index (χ0v) is 11.4. The Kier molecular flexibility index (Phi) is 3.75. The van der Waals surface area contributed by atoms with Crippen molar-refractivity contribution in [1.29, 1.82) is 0 Å². The highest BCUT2D eigenvalue weighted by atomic mass is 35.5. The van der Waals surface area contributed by atoms with Crippen LogP contribution < -0.4 is 4.90 Å². The molecule has 0 bridgehead atoms. The van der Waals surface area contributed by atoms with Crippen LogP contribution in [0.1, 0.15) is 6.42 Å². The summed E-state index contributed by atoms with van der Waals surface area (Å²) in [7, 11) is 3.31. The number of anilines is 1. The number of benzene rings is 1. The van der Waals surface area contributed by atoms with E-state index in [4.69, 9.17) is 11.6 Å². The van der Waals surface area contributed by atoms with Crippen LogP contribution in [0.25, 0.3) is 0 Å². The van der Waals surface area contributed by atoms with Crippen molar-refractivity contribution < 1.29 is 14.0 Å². The summed E-state index contributed by atoms with van der Waals surface area (Å²) < 4.78 is 13.1. The summed E-state index contributed by atoms with van der Waals surface area (Å²) in [6, 6.07) is 4.10. The van der Waals surface area contributed by atoms with Crippen LogP contribution >= 0.6 is 11.6 Å². The van der Waals surface area contributed by atoms with Crippen molar-refractivity contribution in [3.63, 3.8) is 0 Å². The average Bonchev–Trinajstić information content (AvgIpc) is 2.73. The molecule has 2 amide bonds. The number of carbonyl (C=O) groups is 2. The fourth-order valence-corrected chi connectivity index (χ4v) is 2.32. The van der Waals surface area contributed by atoms with Crippen molar-refractivity contribution in [1.82, 2.24) is 4.90 Å². The van der Waals surface area contributed by atoms with Crippen LogP contribution in [0.5, 0.6) is 0 Å². The maximum absolute atomic E-state index is 13.1. The molecule has 102 valence electrons. The molecule has 1 heterocycles. The zero-order chi connectivity index (χ0) is 14.2. The molecule has 0 spiro atoms. The van der Waals surface area contributed by atoms with Gasteiger partial charge in [0.25, 0.3) is 0 Å². The molecule has 1 saturated heterocycles. The van der Waals surface area contributed by atoms with Gasteiger partial charge in [-0.15, -0.1) is 0 Å². The summed E-state index contributed by atoms with van der Waals surface area (Å²) in [6.45, 7) is 0.303. The molecule has 1 atom stereocenters. The monoisotopic (exact) mass is 284 g/mol. The van der Waals surface area contributed by atoms with Gasteiger partial charge in [-0.1, -0.05) is 11.6 Å². The third-order valence-electron chi connectivity index (χ3n) is 3.13. The van der Waals surface area contributed by atoms with Crippen LogP contribution in [0.15, 0.2) is 18.2 Å². The Bertz CT molecular complexity index is 533. The van der Waals surface area contributed by atoms with Gasteiger partial charge in [-0.3, -0.25) is 9.59 Å². The molecule has 1 aromatic carbocycles. The quantitative estimate of drug-likeness (QED) is 0.832. The lowest BCUT2D eigenvalue weighted by Crippen LogP contribution is -2.32. The van der Waals surface area contributed by atoms with Crippen LogP contribution in [-0.4, -0.2) is 37.4 Å². The normalized spacial score (nSPS) is 18.8. The predicted molar refractivity (Wildman–Crippen MR) is 70.6 cm³/mol. The molecule has 1 unspecified atom stereocenters. The fourth-order valence-electron chi connectivity index (χ4n) is 2.14. The van der Waals surface area contributed by atoms with Crippen molar-refractivity contribution in [2.45, 2.75) is 6.42 Å². The first kappa shape index (κ1) is 13.8. The van der Waals surface area contributed by atoms with Crippen LogP contribution in [0.2, 0.25) is 5.02 Å². The van der Waals surface area contributed by atoms with Crippen LogP contribution in [0.4, 0.5) is 10.1 Å². The molecular weight excluding hydrogens is 271 g/mol. The van der Waals surface area contributed by atoms with Crippen molar-refractivity contribution in [2.75, 3.05) is 25.5 Å². The van der Waals surface area contributed by atoms with Gasteiger partial charge in [0.1, 0.15) is 5.82 Å². The summed E-state index contributed by atoms with van der Waals surface area (Å²) in [4.78, 5) is 26.7. The second-order valence-corrected chi connectivity index (χ2v) is 5.14. The molecule has 19 heavy (non-hydrogen) atoms. The molecule has 6 heteroatoms. The Labute approximate surface area is 115 Å². The first-order chi connectivity index (χ1) is 8.90. The first-order valence-electron chi connectivity index (χ1n) is 5.86. The first-order valence-corrected chi connectivity index (χ1v) is 6.24. The summed E-state index contributed by atoms with van der Waals surface area (Å²) >= 11 is 5.70. The highest BCUT2D eigenvalue weighted by Gasteiger charge is 2.35. The largest absolute Gasteiger partial charge is 0.349 e. The average molecular weight is 285 g/mol. The number of amides is 2. The molecule has 0 aliphatic carbocycles. The van der Waals surface area contributed by atoms with Gasteiger partial charge in [-0.05, 0) is 18.2 Å². The maximum atomic E-state index is 13.1. The highest BCUT2D eigenvalue weighted by Crippen LogP contribution is 2.28. The standard InChI is InChI=1S/C13H14ClFN2O2/c1-16(2)13(19)8-5-12(18)17(7-8)9-3-4-11(15)10(14)6-9/h3-4,6,8H,5,7H2,1-2H3. The zero-order valence-electron chi connectivity index (χ0n) is 10.7. The summed E-state index contributed by atoms with van der Waals surface area (Å²) in [5.41, 5.74) is 0.519. The van der Waals surface area contributed by atoms with Gasteiger partial charge in [0, 0.05) is 32.7 Å². The van der Waals surface area contributed by atoms with Crippen LogP contribution in [0, 0.1) is 11.7 Å². The van der Waals surface area contributed by atoms with Crippen molar-refractivity contribution in [3.05, 3.63) is 29.0 Å². The lowest BCUT2D eigenvalue weighted by atomic mass is 10.1. The van der Waals surface area contributed by atoms with Gasteiger partial charge in [-0.25, -0.2) is 4.39 Å². The molecule has 1 aliphatic rings. The number of rotatable bonds is 2. The smallest absolute Gasteiger partial charge is 0.227 e. The molecule has 0 saturated carbocycles. The summed E-state index contributed by atoms with van der Waals surface area (Å²) in [6.07, 6.45) is 0.173. The summed E-state index contributed by atoms with van der Waals surface area (Å²) in [5, 5.41) is -0.0345. The van der Waals surface area contributed by atoms with E-state index in [2.05, 4.69) is 0 Å². The third kappa shape index (κ3) is 2.71. The van der Waals surface area contributed by atoms with E-state index in [1.54, 1.807) is 14.1 Å². The van der Waals surface area contributed by atoms with Gasteiger partial charge >= 0.3 is 0 Å². The highest BCUT2D eigenvalue weighted by molar-refractivity contribution is 6.31. The van der Waals surface area contributed by atoms with Gasteiger partial charge < -0.3 is 9.80 Å². The lowest BCUT2D eigenvalue weighted by Gasteiger charge is -2.18. The maximum Gasteiger partial charge on any atom is 0.227 e. The van der Waals surface area contributed by atoms with E-state index in [1.807, 2.05) is 0 Å². The van der Waals surface area contributed by atoms with E-state index < -0.39 is 5.82 Å². The Balaban J connectivity index is 2.20. The minimum Gasteiger partial charge on any atom is -0.349 e. The molecule has 1 fully saturated rings. The molecule has 1 aliphatic heterocycles. The van der Waals surface area contributed by atoms with Crippen LogP contribution in [-0.2, 0) is 9.59 Å². The van der Waals surface area contributed by atoms with Crippen molar-refractivity contribution in [2.24, 2.45) is 5.92 Å². The second kappa shape index (κ2) is 5.17. The lowest BCUT2D eigenvalue weighted by molar-refractivity contribution is -0.133. The van der Waals surface area contributed by atoms with Crippen LogP contribution in [0.3, 0.4) is 0 Å². The van der Waals surface area contributed by atoms with E-state index in [-0.39, 0.29) is 29.2 Å². The Morgan fingerprint density at radius 1 is 1.47 bits per heavy atom. The topological polar surface area (TPSA) is 40.6 Å². The van der Waals surface area contributed by atoms with Gasteiger partial charge in [0.15, 0.2) is 0 Å². The molecule has 0 aromatic heterocycles. The van der Waals surface area contributed by atoms with E-state index in [1.165, 1.54) is 28.0 Å². The number of halogens is 2. The SMILES string of the molecule is CN(C)C(=O)C1CC(=O)N(c2ccc(F)c(Cl)c2)C1. The predicted octanol–water partition coefficient (Wildman–Crippen LogP) is 1.92. The van der Waals surface area contributed by atoms with E-state index in [0.29, 0.717) is 12.2 Å². The number of nitrogens with zero attached hydrogens (tertiary/aromatic N) is 2. The van der Waals surface area contributed by atoms with E-state index in [0.717, 1.165) is 0 Å². The van der Waals surface area contributed by atoms with Gasteiger partial charge in [0.2, 0.25) is 11.8 Å².